The van der Waals surface area contributed by atoms with Gasteiger partial charge in [-0.25, -0.2) is 4.79 Å². The van der Waals surface area contributed by atoms with Crippen LogP contribution in [0.25, 0.3) is 0 Å². The number of likely N-dealkylation sites (tertiary alicyclic amines) is 1. The third-order valence-corrected chi connectivity index (χ3v) is 4.51. The molecule has 138 valence electrons. The first-order valence-corrected chi connectivity index (χ1v) is 8.52. The number of nitrogens with one attached hydrogen (secondary N) is 2. The van der Waals surface area contributed by atoms with Crippen LogP contribution >= 0.6 is 0 Å². The molecule has 2 rings (SSSR count). The molecular formula is C17H26N4O4. The van der Waals surface area contributed by atoms with E-state index < -0.39 is 11.0 Å². The molecule has 2 N–H and O–H groups in total. The van der Waals surface area contributed by atoms with E-state index >= 15 is 0 Å². The Morgan fingerprint density at radius 2 is 2.28 bits per heavy atom. The van der Waals surface area contributed by atoms with Gasteiger partial charge in [-0.2, -0.15) is 0 Å². The Hall–Kier alpha value is -2.35. The first kappa shape index (κ1) is 19.0. The minimum Gasteiger partial charge on any atom is -0.495 e. The average Bonchev–Trinajstić information content (AvgIpc) is 2.59. The van der Waals surface area contributed by atoms with Gasteiger partial charge in [0.15, 0.2) is 0 Å². The lowest BCUT2D eigenvalue weighted by molar-refractivity contribution is -0.384. The number of carbonyl (C=O) groups is 1. The maximum absolute atomic E-state index is 12.1. The third kappa shape index (κ3) is 5.32. The Morgan fingerprint density at radius 1 is 1.52 bits per heavy atom. The lowest BCUT2D eigenvalue weighted by Gasteiger charge is -2.35. The van der Waals surface area contributed by atoms with Crippen molar-refractivity contribution in [1.82, 2.24) is 10.2 Å². The fraction of sp³-hybridized carbons (Fsp3) is 0.588. The van der Waals surface area contributed by atoms with Crippen molar-refractivity contribution in [2.75, 3.05) is 32.1 Å². The molecule has 8 heteroatoms. The van der Waals surface area contributed by atoms with Crippen molar-refractivity contribution in [2.45, 2.75) is 32.7 Å². The molecule has 2 amide bonds. The summed E-state index contributed by atoms with van der Waals surface area (Å²) in [7, 11) is 1.45. The number of amides is 2. The monoisotopic (exact) mass is 350 g/mol. The normalized spacial score (nSPS) is 19.1. The summed E-state index contributed by atoms with van der Waals surface area (Å²) < 4.78 is 5.14. The number of nitro benzene ring substituents is 1. The number of piperidine rings is 1. The number of urea groups is 1. The second-order valence-corrected chi connectivity index (χ2v) is 6.57. The van der Waals surface area contributed by atoms with Crippen molar-refractivity contribution in [3.63, 3.8) is 0 Å². The molecule has 0 bridgehead atoms. The van der Waals surface area contributed by atoms with E-state index in [0.29, 0.717) is 18.2 Å². The molecule has 0 spiro atoms. The highest BCUT2D eigenvalue weighted by atomic mass is 16.6. The Balaban J connectivity index is 1.91. The smallest absolute Gasteiger partial charge is 0.319 e. The molecule has 1 aliphatic rings. The number of rotatable bonds is 6. The number of carbonyl (C=O) groups excluding carboxylic acids is 1. The highest BCUT2D eigenvalue weighted by molar-refractivity contribution is 5.91. The maximum Gasteiger partial charge on any atom is 0.319 e. The summed E-state index contributed by atoms with van der Waals surface area (Å²) in [6, 6.07) is 3.91. The van der Waals surface area contributed by atoms with E-state index in [1.165, 1.54) is 38.2 Å². The number of non-ortho nitro benzene ring substituents is 1. The standard InChI is InChI=1S/C17H26N4O4/c1-12-5-4-8-20(11-12)13(2)10-18-17(22)19-15-9-14(21(23)24)6-7-16(15)25-3/h6-7,9,12-13H,4-5,8,10-11H2,1-3H3,(H2,18,19,22). The second kappa shape index (κ2) is 8.66. The number of ether oxygens (including phenoxy) is 1. The Bertz CT molecular complexity index is 623. The number of nitrogens with zero attached hydrogens (tertiary/aromatic N) is 2. The molecule has 1 saturated heterocycles. The molecule has 0 aliphatic carbocycles. The molecule has 2 unspecified atom stereocenters. The van der Waals surface area contributed by atoms with Gasteiger partial charge in [-0.15, -0.1) is 0 Å². The number of hydrogen-bond donors (Lipinski definition) is 2. The van der Waals surface area contributed by atoms with Crippen LogP contribution in [0, 0.1) is 16.0 Å². The number of methoxy groups -OCH3 is 1. The highest BCUT2D eigenvalue weighted by Crippen LogP contribution is 2.28. The summed E-state index contributed by atoms with van der Waals surface area (Å²) in [6.45, 7) is 6.94. The van der Waals surface area contributed by atoms with Gasteiger partial charge in [-0.05, 0) is 38.3 Å². The van der Waals surface area contributed by atoms with Crippen LogP contribution in [0.3, 0.4) is 0 Å². The molecule has 2 atom stereocenters. The van der Waals surface area contributed by atoms with Crippen molar-refractivity contribution < 1.29 is 14.5 Å². The van der Waals surface area contributed by atoms with Crippen molar-refractivity contribution in [2.24, 2.45) is 5.92 Å². The summed E-state index contributed by atoms with van der Waals surface area (Å²) >= 11 is 0. The van der Waals surface area contributed by atoms with E-state index in [1.54, 1.807) is 0 Å². The fourth-order valence-corrected chi connectivity index (χ4v) is 3.07. The number of benzene rings is 1. The zero-order valence-corrected chi connectivity index (χ0v) is 14.9. The SMILES string of the molecule is COc1ccc([N+](=O)[O-])cc1NC(=O)NCC(C)N1CCCC(C)C1. The lowest BCUT2D eigenvalue weighted by Crippen LogP contribution is -2.47. The Morgan fingerprint density at radius 3 is 2.92 bits per heavy atom. The van der Waals surface area contributed by atoms with Crippen LogP contribution in [-0.4, -0.2) is 48.6 Å². The van der Waals surface area contributed by atoms with Gasteiger partial charge in [-0.1, -0.05) is 6.92 Å². The molecular weight excluding hydrogens is 324 g/mol. The van der Waals surface area contributed by atoms with Crippen LogP contribution in [-0.2, 0) is 0 Å². The van der Waals surface area contributed by atoms with Gasteiger partial charge >= 0.3 is 6.03 Å². The second-order valence-electron chi connectivity index (χ2n) is 6.57. The summed E-state index contributed by atoms with van der Waals surface area (Å²) in [4.78, 5) is 24.9. The predicted molar refractivity (Wildman–Crippen MR) is 96.1 cm³/mol. The van der Waals surface area contributed by atoms with Crippen LogP contribution in [0.15, 0.2) is 18.2 Å². The van der Waals surface area contributed by atoms with Gasteiger partial charge in [0.25, 0.3) is 5.69 Å². The van der Waals surface area contributed by atoms with Crippen molar-refractivity contribution >= 4 is 17.4 Å². The zero-order chi connectivity index (χ0) is 18.4. The van der Waals surface area contributed by atoms with Crippen LogP contribution in [0.1, 0.15) is 26.7 Å². The molecule has 1 aromatic carbocycles. The van der Waals surface area contributed by atoms with Crippen molar-refractivity contribution in [3.8, 4) is 5.75 Å². The Labute approximate surface area is 147 Å². The van der Waals surface area contributed by atoms with Gasteiger partial charge in [0, 0.05) is 31.3 Å². The molecule has 25 heavy (non-hydrogen) atoms. The van der Waals surface area contributed by atoms with E-state index in [2.05, 4.69) is 29.4 Å². The molecule has 1 aromatic rings. The quantitative estimate of drug-likeness (QED) is 0.607. The molecule has 0 saturated carbocycles. The third-order valence-electron chi connectivity index (χ3n) is 4.51. The van der Waals surface area contributed by atoms with E-state index in [1.807, 2.05) is 0 Å². The van der Waals surface area contributed by atoms with E-state index in [4.69, 9.17) is 4.74 Å². The fourth-order valence-electron chi connectivity index (χ4n) is 3.07. The minimum absolute atomic E-state index is 0.105. The molecule has 1 heterocycles. The molecule has 0 radical (unpaired) electrons. The molecule has 1 fully saturated rings. The zero-order valence-electron chi connectivity index (χ0n) is 14.9. The van der Waals surface area contributed by atoms with Crippen LogP contribution in [0.5, 0.6) is 5.75 Å². The Kier molecular flexibility index (Phi) is 6.58. The summed E-state index contributed by atoms with van der Waals surface area (Å²) in [6.07, 6.45) is 2.44. The number of anilines is 1. The van der Waals surface area contributed by atoms with Gasteiger partial charge in [0.2, 0.25) is 0 Å². The first-order chi connectivity index (χ1) is 11.9. The van der Waals surface area contributed by atoms with Crippen LogP contribution in [0.4, 0.5) is 16.2 Å². The summed E-state index contributed by atoms with van der Waals surface area (Å²) in [5.41, 5.74) is 0.167. The number of nitro groups is 1. The van der Waals surface area contributed by atoms with Crippen molar-refractivity contribution in [3.05, 3.63) is 28.3 Å². The highest BCUT2D eigenvalue weighted by Gasteiger charge is 2.21. The maximum atomic E-state index is 12.1. The van der Waals surface area contributed by atoms with E-state index in [0.717, 1.165) is 13.1 Å². The van der Waals surface area contributed by atoms with Gasteiger partial charge in [0.05, 0.1) is 17.7 Å². The topological polar surface area (TPSA) is 96.7 Å². The molecule has 8 nitrogen and oxygen atoms in total. The summed E-state index contributed by atoms with van der Waals surface area (Å²) in [5.74, 6) is 1.05. The lowest BCUT2D eigenvalue weighted by atomic mass is 9.99. The summed E-state index contributed by atoms with van der Waals surface area (Å²) in [5, 5.41) is 16.3. The number of hydrogen-bond acceptors (Lipinski definition) is 5. The van der Waals surface area contributed by atoms with Crippen LogP contribution in [0.2, 0.25) is 0 Å². The molecule has 1 aliphatic heterocycles. The largest absolute Gasteiger partial charge is 0.495 e. The van der Waals surface area contributed by atoms with Gasteiger partial charge in [0.1, 0.15) is 5.75 Å². The van der Waals surface area contributed by atoms with Gasteiger partial charge in [-0.3, -0.25) is 15.0 Å². The van der Waals surface area contributed by atoms with Crippen LogP contribution < -0.4 is 15.4 Å². The first-order valence-electron chi connectivity index (χ1n) is 8.52. The minimum atomic E-state index is -0.512. The van der Waals surface area contributed by atoms with E-state index in [9.17, 15) is 14.9 Å². The van der Waals surface area contributed by atoms with E-state index in [-0.39, 0.29) is 17.4 Å². The molecule has 0 aromatic heterocycles. The predicted octanol–water partition coefficient (Wildman–Crippen LogP) is 2.85. The van der Waals surface area contributed by atoms with Gasteiger partial charge < -0.3 is 15.4 Å². The van der Waals surface area contributed by atoms with Crippen molar-refractivity contribution in [1.29, 1.82) is 0 Å². The average molecular weight is 350 g/mol.